The minimum absolute atomic E-state index is 0. The topological polar surface area (TPSA) is 92.5 Å². The van der Waals surface area contributed by atoms with E-state index >= 15 is 0 Å². The highest BCUT2D eigenvalue weighted by Gasteiger charge is 2.44. The lowest BCUT2D eigenvalue weighted by molar-refractivity contribution is -0.385. The van der Waals surface area contributed by atoms with Crippen molar-refractivity contribution in [1.82, 2.24) is 9.62 Å². The van der Waals surface area contributed by atoms with Gasteiger partial charge in [0.1, 0.15) is 0 Å². The summed E-state index contributed by atoms with van der Waals surface area (Å²) in [7, 11) is -3.69. The van der Waals surface area contributed by atoms with Crippen molar-refractivity contribution in [2.75, 3.05) is 26.2 Å². The number of benzene rings is 1. The first-order chi connectivity index (χ1) is 10.3. The average molecular weight is 362 g/mol. The molecule has 1 unspecified atom stereocenters. The number of nitro groups is 1. The predicted octanol–water partition coefficient (Wildman–Crippen LogP) is 1.70. The third kappa shape index (κ3) is 3.21. The van der Waals surface area contributed by atoms with E-state index in [1.807, 2.05) is 0 Å². The minimum atomic E-state index is -3.69. The Bertz CT molecular complexity index is 717. The normalized spacial score (nSPS) is 24.7. The highest BCUT2D eigenvalue weighted by atomic mass is 35.5. The van der Waals surface area contributed by atoms with Gasteiger partial charge in [0, 0.05) is 31.8 Å². The molecule has 9 heteroatoms. The number of nitrogens with one attached hydrogen (secondary N) is 1. The molecule has 128 valence electrons. The number of halogens is 1. The largest absolute Gasteiger partial charge is 0.316 e. The van der Waals surface area contributed by atoms with E-state index in [-0.39, 0.29) is 28.4 Å². The van der Waals surface area contributed by atoms with Crippen LogP contribution in [0.25, 0.3) is 0 Å². The van der Waals surface area contributed by atoms with Gasteiger partial charge in [-0.05, 0) is 37.3 Å². The highest BCUT2D eigenvalue weighted by molar-refractivity contribution is 7.89. The van der Waals surface area contributed by atoms with Crippen molar-refractivity contribution in [3.05, 3.63) is 33.9 Å². The Morgan fingerprint density at radius 1 is 1.35 bits per heavy atom. The Hall–Kier alpha value is -1.22. The fourth-order valence-corrected chi connectivity index (χ4v) is 5.16. The Balaban J connectivity index is 0.00000192. The third-order valence-corrected chi connectivity index (χ3v) is 6.72. The Morgan fingerprint density at radius 3 is 2.70 bits per heavy atom. The lowest BCUT2D eigenvalue weighted by atomic mass is 9.87. The Kier molecular flexibility index (Phi) is 5.00. The lowest BCUT2D eigenvalue weighted by Gasteiger charge is -2.23. The van der Waals surface area contributed by atoms with Gasteiger partial charge in [0.05, 0.1) is 9.82 Å². The van der Waals surface area contributed by atoms with Gasteiger partial charge in [0.2, 0.25) is 10.0 Å². The molecule has 3 rings (SSSR count). The van der Waals surface area contributed by atoms with Crippen molar-refractivity contribution in [2.45, 2.75) is 24.7 Å². The van der Waals surface area contributed by atoms with Crippen LogP contribution in [0.2, 0.25) is 0 Å². The second-order valence-electron chi connectivity index (χ2n) is 6.22. The van der Waals surface area contributed by atoms with Crippen LogP contribution in [0.5, 0.6) is 0 Å². The van der Waals surface area contributed by atoms with Crippen molar-refractivity contribution in [2.24, 2.45) is 5.41 Å². The molecule has 0 bridgehead atoms. The standard InChI is InChI=1S/C14H19N3O4S.ClH/c1-11-2-3-12(17(18)19)8-13(11)22(20,21)16-7-5-14(10-16)4-6-15-9-14;/h2-3,8,15H,4-7,9-10H2,1H3;1H. The molecular formula is C14H20ClN3O4S. The molecule has 1 N–H and O–H groups in total. The van der Waals surface area contributed by atoms with Gasteiger partial charge >= 0.3 is 0 Å². The van der Waals surface area contributed by atoms with E-state index in [9.17, 15) is 18.5 Å². The van der Waals surface area contributed by atoms with Crippen molar-refractivity contribution < 1.29 is 13.3 Å². The van der Waals surface area contributed by atoms with Crippen molar-refractivity contribution in [3.63, 3.8) is 0 Å². The molecule has 1 aromatic carbocycles. The maximum absolute atomic E-state index is 12.9. The number of aryl methyl sites for hydroxylation is 1. The molecule has 1 aromatic rings. The molecule has 2 fully saturated rings. The molecule has 1 atom stereocenters. The predicted molar refractivity (Wildman–Crippen MR) is 88.4 cm³/mol. The zero-order valence-electron chi connectivity index (χ0n) is 12.8. The second kappa shape index (κ2) is 6.35. The highest BCUT2D eigenvalue weighted by Crippen LogP contribution is 2.39. The van der Waals surface area contributed by atoms with Gasteiger partial charge in [-0.1, -0.05) is 6.07 Å². The van der Waals surface area contributed by atoms with E-state index in [0.717, 1.165) is 25.9 Å². The zero-order valence-corrected chi connectivity index (χ0v) is 14.5. The van der Waals surface area contributed by atoms with Gasteiger partial charge in [-0.3, -0.25) is 10.1 Å². The number of sulfonamides is 1. The smallest absolute Gasteiger partial charge is 0.270 e. The summed E-state index contributed by atoms with van der Waals surface area (Å²) in [5.41, 5.74) is 0.374. The Labute approximate surface area is 141 Å². The summed E-state index contributed by atoms with van der Waals surface area (Å²) in [6.07, 6.45) is 1.82. The SMILES string of the molecule is Cc1ccc([N+](=O)[O-])cc1S(=O)(=O)N1CCC2(CCNC2)C1.Cl. The van der Waals surface area contributed by atoms with E-state index in [4.69, 9.17) is 0 Å². The summed E-state index contributed by atoms with van der Waals surface area (Å²) in [5, 5.41) is 14.2. The molecule has 0 aliphatic carbocycles. The fourth-order valence-electron chi connectivity index (χ4n) is 3.36. The summed E-state index contributed by atoms with van der Waals surface area (Å²) >= 11 is 0. The molecule has 1 spiro atoms. The lowest BCUT2D eigenvalue weighted by Crippen LogP contribution is -2.33. The van der Waals surface area contributed by atoms with Crippen molar-refractivity contribution in [1.29, 1.82) is 0 Å². The van der Waals surface area contributed by atoms with E-state index in [1.54, 1.807) is 6.92 Å². The quantitative estimate of drug-likeness (QED) is 0.653. The number of nitrogens with zero attached hydrogens (tertiary/aromatic N) is 2. The monoisotopic (exact) mass is 361 g/mol. The van der Waals surface area contributed by atoms with Gasteiger partial charge in [-0.25, -0.2) is 8.42 Å². The van der Waals surface area contributed by atoms with Gasteiger partial charge in [0.25, 0.3) is 5.69 Å². The van der Waals surface area contributed by atoms with E-state index < -0.39 is 14.9 Å². The average Bonchev–Trinajstić information content (AvgIpc) is 3.10. The molecule has 2 heterocycles. The molecule has 2 aliphatic rings. The third-order valence-electron chi connectivity index (χ3n) is 4.74. The van der Waals surface area contributed by atoms with Crippen LogP contribution < -0.4 is 5.32 Å². The van der Waals surface area contributed by atoms with Crippen molar-refractivity contribution >= 4 is 28.1 Å². The summed E-state index contributed by atoms with van der Waals surface area (Å²) in [5.74, 6) is 0. The molecule has 0 amide bonds. The molecule has 0 aromatic heterocycles. The first-order valence-electron chi connectivity index (χ1n) is 7.30. The van der Waals surface area contributed by atoms with Crippen LogP contribution in [-0.4, -0.2) is 43.8 Å². The van der Waals surface area contributed by atoms with Gasteiger partial charge < -0.3 is 5.32 Å². The van der Waals surface area contributed by atoms with Crippen LogP contribution in [-0.2, 0) is 10.0 Å². The number of hydrogen-bond donors (Lipinski definition) is 1. The number of rotatable bonds is 3. The zero-order chi connectivity index (χ0) is 16.0. The molecular weight excluding hydrogens is 342 g/mol. The molecule has 0 radical (unpaired) electrons. The van der Waals surface area contributed by atoms with Crippen LogP contribution in [0.1, 0.15) is 18.4 Å². The molecule has 2 saturated heterocycles. The fraction of sp³-hybridized carbons (Fsp3) is 0.571. The molecule has 2 aliphatic heterocycles. The maximum Gasteiger partial charge on any atom is 0.270 e. The van der Waals surface area contributed by atoms with E-state index in [2.05, 4.69) is 5.32 Å². The second-order valence-corrected chi connectivity index (χ2v) is 8.13. The summed E-state index contributed by atoms with van der Waals surface area (Å²) in [4.78, 5) is 10.4. The summed E-state index contributed by atoms with van der Waals surface area (Å²) < 4.78 is 27.2. The Morgan fingerprint density at radius 2 is 2.09 bits per heavy atom. The minimum Gasteiger partial charge on any atom is -0.316 e. The van der Waals surface area contributed by atoms with Gasteiger partial charge in [0.15, 0.2) is 0 Å². The van der Waals surface area contributed by atoms with Crippen LogP contribution in [0.4, 0.5) is 5.69 Å². The van der Waals surface area contributed by atoms with Crippen LogP contribution in [0.15, 0.2) is 23.1 Å². The number of non-ortho nitro benzene ring substituents is 1. The maximum atomic E-state index is 12.9. The summed E-state index contributed by atoms with van der Waals surface area (Å²) in [6.45, 7) is 4.40. The van der Waals surface area contributed by atoms with Gasteiger partial charge in [-0.15, -0.1) is 12.4 Å². The van der Waals surface area contributed by atoms with E-state index in [1.165, 1.54) is 22.5 Å². The first-order valence-corrected chi connectivity index (χ1v) is 8.74. The molecule has 23 heavy (non-hydrogen) atoms. The molecule has 0 saturated carbocycles. The number of nitro benzene ring substituents is 1. The van der Waals surface area contributed by atoms with Crippen LogP contribution >= 0.6 is 12.4 Å². The molecule has 7 nitrogen and oxygen atoms in total. The first kappa shape index (κ1) is 18.1. The summed E-state index contributed by atoms with van der Waals surface area (Å²) in [6, 6.07) is 4.00. The number of hydrogen-bond acceptors (Lipinski definition) is 5. The van der Waals surface area contributed by atoms with Gasteiger partial charge in [-0.2, -0.15) is 4.31 Å². The van der Waals surface area contributed by atoms with E-state index in [0.29, 0.717) is 18.7 Å². The van der Waals surface area contributed by atoms with Crippen molar-refractivity contribution in [3.8, 4) is 0 Å². The van der Waals surface area contributed by atoms with Crippen LogP contribution in [0, 0.1) is 22.5 Å². The van der Waals surface area contributed by atoms with Crippen LogP contribution in [0.3, 0.4) is 0 Å².